The summed E-state index contributed by atoms with van der Waals surface area (Å²) in [6.07, 6.45) is 23.7. The van der Waals surface area contributed by atoms with Crippen LogP contribution in [0.25, 0.3) is 0 Å². The Labute approximate surface area is 484 Å². The zero-order valence-corrected chi connectivity index (χ0v) is 49.3. The fourth-order valence-corrected chi connectivity index (χ4v) is 10.5. The van der Waals surface area contributed by atoms with Crippen LogP contribution in [-0.2, 0) is 33.2 Å². The molecule has 472 valence electrons. The Morgan fingerprint density at radius 2 is 0.852 bits per heavy atom. The summed E-state index contributed by atoms with van der Waals surface area (Å²) in [4.78, 5) is 13.3. The molecule has 3 fully saturated rings. The quantitative estimate of drug-likeness (QED) is 0.0236. The second-order valence-electron chi connectivity index (χ2n) is 22.5. The molecule has 3 aliphatic rings. The van der Waals surface area contributed by atoms with Gasteiger partial charge in [0, 0.05) is 6.42 Å². The van der Waals surface area contributed by atoms with Gasteiger partial charge in [0.25, 0.3) is 0 Å². The fourth-order valence-electron chi connectivity index (χ4n) is 10.5. The van der Waals surface area contributed by atoms with Crippen LogP contribution in [0.2, 0.25) is 0 Å². The predicted molar refractivity (Wildman–Crippen MR) is 309 cm³/mol. The van der Waals surface area contributed by atoms with Gasteiger partial charge in [-0.3, -0.25) is 4.79 Å². The molecule has 3 heterocycles. The number of ether oxygens (including phenoxy) is 6. The van der Waals surface area contributed by atoms with Crippen LogP contribution in [0.1, 0.15) is 206 Å². The number of unbranched alkanes of at least 4 members (excludes halogenated alkanes) is 24. The molecule has 3 saturated heterocycles. The Morgan fingerprint density at radius 3 is 1.33 bits per heavy atom. The van der Waals surface area contributed by atoms with Crippen LogP contribution in [0.3, 0.4) is 0 Å². The van der Waals surface area contributed by atoms with Crippen molar-refractivity contribution in [2.45, 2.75) is 311 Å². The van der Waals surface area contributed by atoms with Gasteiger partial charge in [0.15, 0.2) is 18.9 Å². The highest BCUT2D eigenvalue weighted by molar-refractivity contribution is 5.76. The van der Waals surface area contributed by atoms with Gasteiger partial charge in [-0.05, 0) is 51.4 Å². The fraction of sp³-hybridized carbons (Fsp3) is 0.855. The third-order valence-electron chi connectivity index (χ3n) is 15.6. The molecule has 3 aliphatic heterocycles. The number of aliphatic hydroxyl groups is 11. The Kier molecular flexibility index (Phi) is 40.7. The first-order valence-electron chi connectivity index (χ1n) is 31.4. The van der Waals surface area contributed by atoms with Crippen LogP contribution in [-0.4, -0.2) is 193 Å². The monoisotopic (exact) mass is 1160 g/mol. The molecule has 0 radical (unpaired) electrons. The second-order valence-corrected chi connectivity index (χ2v) is 22.5. The van der Waals surface area contributed by atoms with Crippen LogP contribution in [0.5, 0.6) is 0 Å². The molecule has 3 rings (SSSR count). The number of aliphatic hydroxyl groups excluding tert-OH is 11. The summed E-state index contributed by atoms with van der Waals surface area (Å²) in [5.41, 5.74) is 0. The molecular weight excluding hydrogens is 1050 g/mol. The third-order valence-corrected chi connectivity index (χ3v) is 15.6. The van der Waals surface area contributed by atoms with E-state index in [0.717, 1.165) is 89.9 Å². The summed E-state index contributed by atoms with van der Waals surface area (Å²) in [7, 11) is 0. The minimum atomic E-state index is -1.98. The van der Waals surface area contributed by atoms with Crippen molar-refractivity contribution in [3.05, 3.63) is 48.6 Å². The third kappa shape index (κ3) is 28.7. The maximum atomic E-state index is 13.3. The van der Waals surface area contributed by atoms with E-state index in [0.29, 0.717) is 6.42 Å². The van der Waals surface area contributed by atoms with Crippen molar-refractivity contribution >= 4 is 5.91 Å². The van der Waals surface area contributed by atoms with E-state index in [1.807, 2.05) is 6.08 Å². The molecule has 0 spiro atoms. The van der Waals surface area contributed by atoms with Crippen molar-refractivity contribution < 1.29 is 89.4 Å². The topological polar surface area (TPSA) is 307 Å². The molecule has 1 amide bonds. The van der Waals surface area contributed by atoms with Crippen LogP contribution in [0, 0.1) is 0 Å². The largest absolute Gasteiger partial charge is 0.394 e. The lowest BCUT2D eigenvalue weighted by atomic mass is 9.96. The zero-order valence-electron chi connectivity index (χ0n) is 49.3. The van der Waals surface area contributed by atoms with E-state index in [2.05, 4.69) is 55.6 Å². The van der Waals surface area contributed by atoms with Gasteiger partial charge < -0.3 is 89.9 Å². The van der Waals surface area contributed by atoms with Crippen molar-refractivity contribution in [3.63, 3.8) is 0 Å². The number of amides is 1. The predicted octanol–water partition coefficient (Wildman–Crippen LogP) is 6.26. The molecule has 19 nitrogen and oxygen atoms in total. The number of carbonyl (C=O) groups excluding carboxylic acids is 1. The smallest absolute Gasteiger partial charge is 0.220 e. The summed E-state index contributed by atoms with van der Waals surface area (Å²) in [6.45, 7) is 1.61. The van der Waals surface area contributed by atoms with Crippen molar-refractivity contribution in [2.75, 3.05) is 26.4 Å². The van der Waals surface area contributed by atoms with Crippen LogP contribution in [0.15, 0.2) is 48.6 Å². The highest BCUT2D eigenvalue weighted by atomic mass is 16.8. The Hall–Kier alpha value is -2.25. The van der Waals surface area contributed by atoms with Crippen LogP contribution >= 0.6 is 0 Å². The van der Waals surface area contributed by atoms with Gasteiger partial charge in [-0.2, -0.15) is 0 Å². The molecule has 12 N–H and O–H groups in total. The van der Waals surface area contributed by atoms with Gasteiger partial charge in [-0.15, -0.1) is 0 Å². The van der Waals surface area contributed by atoms with Crippen molar-refractivity contribution in [1.82, 2.24) is 5.32 Å². The first-order chi connectivity index (χ1) is 39.3. The van der Waals surface area contributed by atoms with Gasteiger partial charge in [-0.1, -0.05) is 197 Å². The van der Waals surface area contributed by atoms with E-state index >= 15 is 0 Å². The molecule has 0 saturated carbocycles. The minimum Gasteiger partial charge on any atom is -0.394 e. The van der Waals surface area contributed by atoms with Gasteiger partial charge in [-0.25, -0.2) is 0 Å². The van der Waals surface area contributed by atoms with E-state index in [1.54, 1.807) is 6.08 Å². The molecule has 0 aromatic rings. The maximum Gasteiger partial charge on any atom is 0.220 e. The number of hydrogen-bond donors (Lipinski definition) is 12. The number of rotatable bonds is 46. The summed E-state index contributed by atoms with van der Waals surface area (Å²) in [5, 5.41) is 120. The summed E-state index contributed by atoms with van der Waals surface area (Å²) in [6, 6.07) is -0.979. The van der Waals surface area contributed by atoms with Crippen molar-refractivity contribution in [1.29, 1.82) is 0 Å². The number of carbonyl (C=O) groups is 1. The lowest BCUT2D eigenvalue weighted by Gasteiger charge is -2.48. The van der Waals surface area contributed by atoms with E-state index in [1.165, 1.54) is 89.9 Å². The Bertz CT molecular complexity index is 1670. The maximum absolute atomic E-state index is 13.3. The molecule has 17 unspecified atom stereocenters. The second kappa shape index (κ2) is 45.1. The lowest BCUT2D eigenvalue weighted by Crippen LogP contribution is -2.66. The number of hydrogen-bond acceptors (Lipinski definition) is 18. The summed E-state index contributed by atoms with van der Waals surface area (Å²) in [5.74, 6) is -0.287. The molecule has 17 atom stereocenters. The minimum absolute atomic E-state index is 0.231. The normalized spacial score (nSPS) is 30.1. The summed E-state index contributed by atoms with van der Waals surface area (Å²) >= 11 is 0. The summed E-state index contributed by atoms with van der Waals surface area (Å²) < 4.78 is 34.3. The van der Waals surface area contributed by atoms with Gasteiger partial charge in [0.05, 0.1) is 38.6 Å². The highest BCUT2D eigenvalue weighted by Crippen LogP contribution is 2.33. The molecule has 0 aliphatic carbocycles. The molecule has 0 aromatic carbocycles. The first kappa shape index (κ1) is 73.0. The molecular formula is C62H111NO18. The molecule has 0 bridgehead atoms. The van der Waals surface area contributed by atoms with Gasteiger partial charge in [0.2, 0.25) is 5.91 Å². The molecule has 19 heteroatoms. The van der Waals surface area contributed by atoms with Crippen molar-refractivity contribution in [3.8, 4) is 0 Å². The highest BCUT2D eigenvalue weighted by Gasteiger charge is 2.53. The standard InChI is InChI=1S/C62H111NO18/c1-3-5-7-9-11-13-15-17-19-21-22-24-25-27-29-31-33-35-37-39-46(67)45(63-50(68)40-38-36-34-32-30-28-26-23-20-18-16-14-12-10-8-6-4-2)44-76-60-56(74)53(71)58(48(42-65)78-60)81-62-57(75)54(72)59(49(43-66)79-62)80-61-55(73)52(70)51(69)47(41-64)77-61/h6,8,12,14,18,20,37,39,45-49,51-62,64-67,69-75H,3-5,7,9-11,13,15-17,19,21-36,38,40-44H2,1-2H3,(H,63,68)/b8-6-,14-12-,20-18-,39-37+. The lowest BCUT2D eigenvalue weighted by molar-refractivity contribution is -0.379. The average molecular weight is 1160 g/mol. The van der Waals surface area contributed by atoms with Crippen LogP contribution < -0.4 is 5.32 Å². The van der Waals surface area contributed by atoms with Crippen molar-refractivity contribution in [2.24, 2.45) is 0 Å². The van der Waals surface area contributed by atoms with E-state index in [4.69, 9.17) is 28.4 Å². The van der Waals surface area contributed by atoms with Crippen LogP contribution in [0.4, 0.5) is 0 Å². The first-order valence-corrected chi connectivity index (χ1v) is 31.4. The number of allylic oxidation sites excluding steroid dienone is 7. The van der Waals surface area contributed by atoms with E-state index in [9.17, 15) is 61.0 Å². The zero-order chi connectivity index (χ0) is 59.0. The molecule has 81 heavy (non-hydrogen) atoms. The SMILES string of the molecule is CC/C=C\C/C=C\C/C=C\CCCCCCCCCC(=O)NC(COC1OC(CO)C(OC2OC(CO)C(OC3OC(CO)C(O)C(O)C3O)C(O)C2O)C(O)C1O)C(O)/C=C/CCCCCCCCCCCCCCCCCCC. The molecule has 0 aromatic heterocycles. The average Bonchev–Trinajstić information content (AvgIpc) is 3.47. The van der Waals surface area contributed by atoms with E-state index in [-0.39, 0.29) is 18.9 Å². The number of nitrogens with one attached hydrogen (secondary N) is 1. The van der Waals surface area contributed by atoms with E-state index < -0.39 is 124 Å². The van der Waals surface area contributed by atoms with Gasteiger partial charge >= 0.3 is 0 Å². The van der Waals surface area contributed by atoms with Gasteiger partial charge in [0.1, 0.15) is 73.2 Å². The Morgan fingerprint density at radius 1 is 0.457 bits per heavy atom. The Balaban J connectivity index is 1.50.